The standard InChI is InChI=1S/C20H26N4O2S/c1-2-10-21-20(26)24-11-8-15(9-12-24)18(25)22-13-17-14-27-19(23-17)16-6-4-3-5-7-16/h3-7,14-15H,2,8-13H2,1H3,(H,21,26)(H,22,25). The van der Waals surface area contributed by atoms with E-state index in [0.29, 0.717) is 39.0 Å². The second kappa shape index (κ2) is 9.50. The third-order valence-electron chi connectivity index (χ3n) is 4.70. The normalized spacial score (nSPS) is 14.8. The molecule has 0 saturated carbocycles. The Hall–Kier alpha value is -2.41. The van der Waals surface area contributed by atoms with Gasteiger partial charge in [0.2, 0.25) is 5.91 Å². The lowest BCUT2D eigenvalue weighted by atomic mass is 9.96. The van der Waals surface area contributed by atoms with Crippen LogP contribution >= 0.6 is 11.3 Å². The number of amides is 3. The van der Waals surface area contributed by atoms with Crippen LogP contribution in [0.3, 0.4) is 0 Å². The average molecular weight is 387 g/mol. The number of rotatable bonds is 6. The van der Waals surface area contributed by atoms with Crippen LogP contribution in [0.15, 0.2) is 35.7 Å². The molecule has 6 nitrogen and oxygen atoms in total. The van der Waals surface area contributed by atoms with Crippen molar-refractivity contribution >= 4 is 23.3 Å². The van der Waals surface area contributed by atoms with E-state index in [2.05, 4.69) is 15.6 Å². The van der Waals surface area contributed by atoms with Crippen molar-refractivity contribution in [2.24, 2.45) is 5.92 Å². The highest BCUT2D eigenvalue weighted by atomic mass is 32.1. The quantitative estimate of drug-likeness (QED) is 0.800. The van der Waals surface area contributed by atoms with Gasteiger partial charge in [0.1, 0.15) is 5.01 Å². The molecule has 0 unspecified atom stereocenters. The highest BCUT2D eigenvalue weighted by Gasteiger charge is 2.27. The minimum atomic E-state index is -0.0348. The Morgan fingerprint density at radius 1 is 1.19 bits per heavy atom. The zero-order valence-electron chi connectivity index (χ0n) is 15.6. The van der Waals surface area contributed by atoms with Crippen molar-refractivity contribution in [1.82, 2.24) is 20.5 Å². The molecule has 1 saturated heterocycles. The minimum absolute atomic E-state index is 0.0216. The molecule has 1 aliphatic rings. The van der Waals surface area contributed by atoms with E-state index in [4.69, 9.17) is 0 Å². The molecule has 27 heavy (non-hydrogen) atoms. The zero-order valence-corrected chi connectivity index (χ0v) is 16.4. The number of hydrogen-bond donors (Lipinski definition) is 2. The van der Waals surface area contributed by atoms with E-state index in [0.717, 1.165) is 22.7 Å². The van der Waals surface area contributed by atoms with E-state index < -0.39 is 0 Å². The predicted octanol–water partition coefficient (Wildman–Crippen LogP) is 3.26. The number of urea groups is 1. The Morgan fingerprint density at radius 3 is 2.63 bits per heavy atom. The predicted molar refractivity (Wildman–Crippen MR) is 107 cm³/mol. The van der Waals surface area contributed by atoms with Gasteiger partial charge in [0.25, 0.3) is 0 Å². The van der Waals surface area contributed by atoms with E-state index >= 15 is 0 Å². The number of benzene rings is 1. The molecule has 0 bridgehead atoms. The van der Waals surface area contributed by atoms with E-state index in [1.165, 1.54) is 0 Å². The molecule has 2 aromatic rings. The number of piperidine rings is 1. The van der Waals surface area contributed by atoms with Crippen LogP contribution in [0.4, 0.5) is 4.79 Å². The third-order valence-corrected chi connectivity index (χ3v) is 5.64. The first-order valence-corrected chi connectivity index (χ1v) is 10.4. The van der Waals surface area contributed by atoms with Gasteiger partial charge in [0.05, 0.1) is 12.2 Å². The van der Waals surface area contributed by atoms with Gasteiger partial charge in [-0.3, -0.25) is 4.79 Å². The maximum atomic E-state index is 12.4. The number of carbonyl (C=O) groups excluding carboxylic acids is 2. The summed E-state index contributed by atoms with van der Waals surface area (Å²) in [7, 11) is 0. The van der Waals surface area contributed by atoms with Crippen LogP contribution < -0.4 is 10.6 Å². The van der Waals surface area contributed by atoms with Gasteiger partial charge in [-0.25, -0.2) is 9.78 Å². The fourth-order valence-corrected chi connectivity index (χ4v) is 3.94. The van der Waals surface area contributed by atoms with E-state index in [1.54, 1.807) is 16.2 Å². The summed E-state index contributed by atoms with van der Waals surface area (Å²) < 4.78 is 0. The number of nitrogens with one attached hydrogen (secondary N) is 2. The Bertz CT molecular complexity index is 754. The van der Waals surface area contributed by atoms with Gasteiger partial charge in [-0.1, -0.05) is 37.3 Å². The van der Waals surface area contributed by atoms with E-state index in [1.807, 2.05) is 42.6 Å². The van der Waals surface area contributed by atoms with Gasteiger partial charge in [-0.05, 0) is 19.3 Å². The number of hydrogen-bond acceptors (Lipinski definition) is 4. The van der Waals surface area contributed by atoms with Crippen molar-refractivity contribution in [3.63, 3.8) is 0 Å². The highest BCUT2D eigenvalue weighted by molar-refractivity contribution is 7.13. The van der Waals surface area contributed by atoms with Gasteiger partial charge in [-0.2, -0.15) is 0 Å². The lowest BCUT2D eigenvalue weighted by molar-refractivity contribution is -0.126. The minimum Gasteiger partial charge on any atom is -0.350 e. The summed E-state index contributed by atoms with van der Waals surface area (Å²) in [5.41, 5.74) is 1.97. The second-order valence-corrected chi connectivity index (χ2v) is 7.58. The van der Waals surface area contributed by atoms with Gasteiger partial charge in [0, 0.05) is 36.5 Å². The maximum absolute atomic E-state index is 12.4. The summed E-state index contributed by atoms with van der Waals surface area (Å²) in [5, 5.41) is 8.84. The fraction of sp³-hybridized carbons (Fsp3) is 0.450. The molecule has 1 aromatic heterocycles. The molecule has 1 aromatic carbocycles. The third kappa shape index (κ3) is 5.29. The zero-order chi connectivity index (χ0) is 19.1. The molecule has 1 fully saturated rings. The molecule has 2 heterocycles. The summed E-state index contributed by atoms with van der Waals surface area (Å²) in [6.07, 6.45) is 2.34. The van der Waals surface area contributed by atoms with Crippen molar-refractivity contribution in [1.29, 1.82) is 0 Å². The van der Waals surface area contributed by atoms with E-state index in [-0.39, 0.29) is 17.9 Å². The maximum Gasteiger partial charge on any atom is 0.317 e. The first-order valence-electron chi connectivity index (χ1n) is 9.47. The van der Waals surface area contributed by atoms with Crippen molar-refractivity contribution in [2.75, 3.05) is 19.6 Å². The molecule has 3 rings (SSSR count). The van der Waals surface area contributed by atoms with Gasteiger partial charge in [-0.15, -0.1) is 11.3 Å². The summed E-state index contributed by atoms with van der Waals surface area (Å²) in [6.45, 7) is 4.42. The Balaban J connectivity index is 1.44. The summed E-state index contributed by atoms with van der Waals surface area (Å²) in [5.74, 6) is 0.0188. The second-order valence-electron chi connectivity index (χ2n) is 6.72. The number of aromatic nitrogens is 1. The Kier molecular flexibility index (Phi) is 6.81. The number of carbonyl (C=O) groups is 2. The highest BCUT2D eigenvalue weighted by Crippen LogP contribution is 2.23. The smallest absolute Gasteiger partial charge is 0.317 e. The Morgan fingerprint density at radius 2 is 1.93 bits per heavy atom. The monoisotopic (exact) mass is 386 g/mol. The van der Waals surface area contributed by atoms with Crippen LogP contribution in [0, 0.1) is 5.92 Å². The summed E-state index contributed by atoms with van der Waals surface area (Å²) in [6, 6.07) is 10.0. The lowest BCUT2D eigenvalue weighted by Gasteiger charge is -2.31. The van der Waals surface area contributed by atoms with E-state index in [9.17, 15) is 9.59 Å². The summed E-state index contributed by atoms with van der Waals surface area (Å²) >= 11 is 1.59. The van der Waals surface area contributed by atoms with Crippen molar-refractivity contribution in [3.05, 3.63) is 41.4 Å². The molecule has 2 N–H and O–H groups in total. The Labute approximate surface area is 164 Å². The number of likely N-dealkylation sites (tertiary alicyclic amines) is 1. The van der Waals surface area contributed by atoms with Crippen LogP contribution in [0.2, 0.25) is 0 Å². The number of nitrogens with zero attached hydrogens (tertiary/aromatic N) is 2. The van der Waals surface area contributed by atoms with Crippen molar-refractivity contribution < 1.29 is 9.59 Å². The fourth-order valence-electron chi connectivity index (χ4n) is 3.11. The van der Waals surface area contributed by atoms with Crippen molar-refractivity contribution in [2.45, 2.75) is 32.7 Å². The van der Waals surface area contributed by atoms with Gasteiger partial charge < -0.3 is 15.5 Å². The van der Waals surface area contributed by atoms with Gasteiger partial charge in [0.15, 0.2) is 0 Å². The molecule has 3 amide bonds. The molecule has 1 aliphatic heterocycles. The molecule has 0 aliphatic carbocycles. The molecule has 0 spiro atoms. The largest absolute Gasteiger partial charge is 0.350 e. The molecule has 144 valence electrons. The first-order chi connectivity index (χ1) is 13.2. The lowest BCUT2D eigenvalue weighted by Crippen LogP contribution is -2.47. The molecular weight excluding hydrogens is 360 g/mol. The summed E-state index contributed by atoms with van der Waals surface area (Å²) in [4.78, 5) is 30.8. The van der Waals surface area contributed by atoms with Gasteiger partial charge >= 0.3 is 6.03 Å². The molecule has 0 radical (unpaired) electrons. The first kappa shape index (κ1) is 19.4. The molecule has 7 heteroatoms. The number of thiazole rings is 1. The average Bonchev–Trinajstić information content (AvgIpc) is 3.20. The van der Waals surface area contributed by atoms with Crippen LogP contribution in [-0.4, -0.2) is 41.5 Å². The molecular formula is C20H26N4O2S. The van der Waals surface area contributed by atoms with Crippen LogP contribution in [0.5, 0.6) is 0 Å². The SMILES string of the molecule is CCCNC(=O)N1CCC(C(=O)NCc2csc(-c3ccccc3)n2)CC1. The topological polar surface area (TPSA) is 74.3 Å². The van der Waals surface area contributed by atoms with Crippen LogP contribution in [0.1, 0.15) is 31.9 Å². The molecule has 0 atom stereocenters. The van der Waals surface area contributed by atoms with Crippen LogP contribution in [0.25, 0.3) is 10.6 Å². The van der Waals surface area contributed by atoms with Crippen molar-refractivity contribution in [3.8, 4) is 10.6 Å². The van der Waals surface area contributed by atoms with Crippen LogP contribution in [-0.2, 0) is 11.3 Å².